The zero-order valence-electron chi connectivity index (χ0n) is 24.4. The van der Waals surface area contributed by atoms with Crippen molar-refractivity contribution in [3.63, 3.8) is 0 Å². The molecular weight excluding hydrogens is 653 g/mol. The topological polar surface area (TPSA) is 94.2 Å². The maximum absolute atomic E-state index is 13.2. The number of carbonyl (C=O) groups excluding carboxylic acids is 3. The van der Waals surface area contributed by atoms with Crippen LogP contribution in [0.1, 0.15) is 55.4 Å². The van der Waals surface area contributed by atoms with Crippen molar-refractivity contribution in [2.24, 2.45) is 0 Å². The molecule has 2 aromatic carbocycles. The molecule has 0 unspecified atom stereocenters. The SMILES string of the molecule is COC(=O)c1sc(-c2cccc(N(Cc3ccc(C(F)(F)F)cc3)C(=O)NC(C)C)c2)c(Br)c1OCC(=O)OC(C)(C)C. The van der Waals surface area contributed by atoms with Crippen LogP contribution >= 0.6 is 27.3 Å². The molecule has 0 saturated heterocycles. The summed E-state index contributed by atoms with van der Waals surface area (Å²) in [5.74, 6) is -1.20. The third-order valence-corrected chi connectivity index (χ3v) is 7.85. The Hall–Kier alpha value is -3.58. The van der Waals surface area contributed by atoms with Crippen LogP contribution in [0.2, 0.25) is 0 Å². The van der Waals surface area contributed by atoms with Crippen LogP contribution in [0, 0.1) is 0 Å². The number of carbonyl (C=O) groups is 3. The third-order valence-electron chi connectivity index (χ3n) is 5.63. The van der Waals surface area contributed by atoms with Crippen molar-refractivity contribution in [3.05, 3.63) is 69.0 Å². The zero-order chi connectivity index (χ0) is 32.1. The van der Waals surface area contributed by atoms with E-state index >= 15 is 0 Å². The van der Waals surface area contributed by atoms with Gasteiger partial charge in [0, 0.05) is 11.7 Å². The molecule has 1 heterocycles. The second-order valence-electron chi connectivity index (χ2n) is 10.7. The highest BCUT2D eigenvalue weighted by Gasteiger charge is 2.30. The van der Waals surface area contributed by atoms with E-state index in [1.807, 2.05) is 0 Å². The Kier molecular flexibility index (Phi) is 10.9. The van der Waals surface area contributed by atoms with E-state index in [0.29, 0.717) is 26.2 Å². The molecule has 0 aliphatic carbocycles. The van der Waals surface area contributed by atoms with E-state index in [4.69, 9.17) is 14.2 Å². The summed E-state index contributed by atoms with van der Waals surface area (Å²) in [5, 5.41) is 2.82. The Morgan fingerprint density at radius 3 is 2.26 bits per heavy atom. The average Bonchev–Trinajstić information content (AvgIpc) is 3.24. The number of alkyl halides is 3. The van der Waals surface area contributed by atoms with Gasteiger partial charge in [0.1, 0.15) is 5.60 Å². The molecule has 0 atom stereocenters. The molecule has 1 aromatic heterocycles. The maximum Gasteiger partial charge on any atom is 0.416 e. The van der Waals surface area contributed by atoms with Gasteiger partial charge in [0.25, 0.3) is 0 Å². The number of benzene rings is 2. The highest BCUT2D eigenvalue weighted by atomic mass is 79.9. The van der Waals surface area contributed by atoms with Gasteiger partial charge in [-0.3, -0.25) is 4.90 Å². The van der Waals surface area contributed by atoms with Gasteiger partial charge in [-0.25, -0.2) is 14.4 Å². The molecule has 13 heteroatoms. The van der Waals surface area contributed by atoms with E-state index in [0.717, 1.165) is 23.5 Å². The Labute approximate surface area is 260 Å². The number of halogens is 4. The van der Waals surface area contributed by atoms with Crippen molar-refractivity contribution in [2.75, 3.05) is 18.6 Å². The lowest BCUT2D eigenvalue weighted by molar-refractivity contribution is -0.157. The quantitative estimate of drug-likeness (QED) is 0.231. The molecule has 0 bridgehead atoms. The number of thiophene rings is 1. The summed E-state index contributed by atoms with van der Waals surface area (Å²) in [5.41, 5.74) is 0.0237. The monoisotopic (exact) mass is 684 g/mol. The number of hydrogen-bond donors (Lipinski definition) is 1. The van der Waals surface area contributed by atoms with Gasteiger partial charge in [0.2, 0.25) is 0 Å². The molecule has 0 aliphatic heterocycles. The Balaban J connectivity index is 2.00. The number of ether oxygens (including phenoxy) is 3. The Morgan fingerprint density at radius 1 is 1.05 bits per heavy atom. The minimum atomic E-state index is -4.48. The highest BCUT2D eigenvalue weighted by Crippen LogP contribution is 2.46. The van der Waals surface area contributed by atoms with Gasteiger partial charge in [-0.05, 0) is 85.9 Å². The number of urea groups is 1. The molecule has 0 saturated carbocycles. The largest absolute Gasteiger partial charge is 0.479 e. The number of hydrogen-bond acceptors (Lipinski definition) is 7. The van der Waals surface area contributed by atoms with Gasteiger partial charge in [0.05, 0.1) is 28.6 Å². The lowest BCUT2D eigenvalue weighted by Crippen LogP contribution is -2.42. The normalized spacial score (nSPS) is 11.7. The van der Waals surface area contributed by atoms with Crippen molar-refractivity contribution in [1.82, 2.24) is 5.32 Å². The summed E-state index contributed by atoms with van der Waals surface area (Å²) in [6.45, 7) is 8.28. The third kappa shape index (κ3) is 9.20. The number of nitrogens with one attached hydrogen (secondary N) is 1. The number of amides is 2. The summed E-state index contributed by atoms with van der Waals surface area (Å²) in [7, 11) is 1.22. The maximum atomic E-state index is 13.2. The molecule has 3 rings (SSSR count). The van der Waals surface area contributed by atoms with Crippen LogP contribution in [-0.2, 0) is 27.0 Å². The highest BCUT2D eigenvalue weighted by molar-refractivity contribution is 9.10. The van der Waals surface area contributed by atoms with Gasteiger partial charge in [-0.2, -0.15) is 13.2 Å². The van der Waals surface area contributed by atoms with Crippen LogP contribution in [0.3, 0.4) is 0 Å². The molecule has 43 heavy (non-hydrogen) atoms. The van der Waals surface area contributed by atoms with Crippen LogP contribution in [0.15, 0.2) is 53.0 Å². The fourth-order valence-electron chi connectivity index (χ4n) is 3.84. The first-order valence-corrected chi connectivity index (χ1v) is 14.7. The Bertz CT molecular complexity index is 1470. The number of anilines is 1. The predicted octanol–water partition coefficient (Wildman–Crippen LogP) is 7.83. The predicted molar refractivity (Wildman–Crippen MR) is 161 cm³/mol. The van der Waals surface area contributed by atoms with E-state index in [2.05, 4.69) is 21.2 Å². The van der Waals surface area contributed by atoms with Gasteiger partial charge in [-0.15, -0.1) is 11.3 Å². The summed E-state index contributed by atoms with van der Waals surface area (Å²) >= 11 is 4.55. The fourth-order valence-corrected chi connectivity index (χ4v) is 5.81. The molecule has 0 aliphatic rings. The van der Waals surface area contributed by atoms with Crippen LogP contribution in [0.4, 0.5) is 23.7 Å². The van der Waals surface area contributed by atoms with Gasteiger partial charge >= 0.3 is 24.1 Å². The van der Waals surface area contributed by atoms with Gasteiger partial charge in [0.15, 0.2) is 17.2 Å². The van der Waals surface area contributed by atoms with Crippen LogP contribution in [-0.4, -0.2) is 43.3 Å². The number of esters is 2. The van der Waals surface area contributed by atoms with E-state index in [1.54, 1.807) is 58.9 Å². The Morgan fingerprint density at radius 2 is 1.70 bits per heavy atom. The van der Waals surface area contributed by atoms with Crippen LogP contribution < -0.4 is 15.0 Å². The summed E-state index contributed by atoms with van der Waals surface area (Å²) in [6, 6.07) is 10.8. The molecule has 2 amide bonds. The van der Waals surface area contributed by atoms with Crippen molar-refractivity contribution in [2.45, 2.75) is 59.0 Å². The minimum absolute atomic E-state index is 0.0105. The first-order chi connectivity index (χ1) is 20.0. The second-order valence-corrected chi connectivity index (χ2v) is 12.5. The lowest BCUT2D eigenvalue weighted by atomic mass is 10.1. The molecule has 1 N–H and O–H groups in total. The van der Waals surface area contributed by atoms with Crippen molar-refractivity contribution < 1.29 is 41.8 Å². The smallest absolute Gasteiger partial charge is 0.416 e. The zero-order valence-corrected chi connectivity index (χ0v) is 26.8. The van der Waals surface area contributed by atoms with Crippen molar-refractivity contribution >= 4 is 50.9 Å². The molecule has 232 valence electrons. The average molecular weight is 686 g/mol. The molecule has 0 radical (unpaired) electrons. The lowest BCUT2D eigenvalue weighted by Gasteiger charge is -2.25. The summed E-state index contributed by atoms with van der Waals surface area (Å²) < 4.78 is 55.5. The van der Waals surface area contributed by atoms with Crippen molar-refractivity contribution in [3.8, 4) is 16.2 Å². The summed E-state index contributed by atoms with van der Waals surface area (Å²) in [4.78, 5) is 40.2. The van der Waals surface area contributed by atoms with Gasteiger partial charge in [-0.1, -0.05) is 24.3 Å². The molecular formula is C30H32BrF3N2O6S. The second kappa shape index (κ2) is 13.8. The molecule has 8 nitrogen and oxygen atoms in total. The van der Waals surface area contributed by atoms with Crippen LogP contribution in [0.25, 0.3) is 10.4 Å². The molecule has 0 fully saturated rings. The number of nitrogens with zero attached hydrogens (tertiary/aromatic N) is 1. The number of methoxy groups -OCH3 is 1. The van der Waals surface area contributed by atoms with Gasteiger partial charge < -0.3 is 19.5 Å². The molecule has 0 spiro atoms. The first-order valence-electron chi connectivity index (χ1n) is 13.1. The fraction of sp³-hybridized carbons (Fsp3) is 0.367. The molecule has 3 aromatic rings. The van der Waals surface area contributed by atoms with Crippen LogP contribution in [0.5, 0.6) is 5.75 Å². The minimum Gasteiger partial charge on any atom is -0.479 e. The van der Waals surface area contributed by atoms with E-state index in [9.17, 15) is 27.6 Å². The van der Waals surface area contributed by atoms with E-state index in [1.165, 1.54) is 24.1 Å². The number of rotatable bonds is 9. The van der Waals surface area contributed by atoms with E-state index < -0.39 is 41.9 Å². The van der Waals surface area contributed by atoms with Crippen molar-refractivity contribution in [1.29, 1.82) is 0 Å². The summed E-state index contributed by atoms with van der Waals surface area (Å²) in [6.07, 6.45) is -4.48. The first kappa shape index (κ1) is 33.9. The van der Waals surface area contributed by atoms with E-state index in [-0.39, 0.29) is 23.2 Å². The standard InChI is InChI=1S/C30H32BrF3N2O6S/c1-17(2)35-28(39)36(15-18-10-12-20(13-11-18)30(32,33)34)21-9-7-8-19(14-21)25-23(31)24(26(43-25)27(38)40-6)41-16-22(37)42-29(3,4)5/h7-14,17H,15-16H2,1-6H3,(H,35,39).